The van der Waals surface area contributed by atoms with Gasteiger partial charge in [0.25, 0.3) is 0 Å². The monoisotopic (exact) mass is 337 g/mol. The summed E-state index contributed by atoms with van der Waals surface area (Å²) in [5, 5.41) is 0.776. The predicted molar refractivity (Wildman–Crippen MR) is 94.2 cm³/mol. The van der Waals surface area contributed by atoms with Crippen LogP contribution in [0.3, 0.4) is 0 Å². The summed E-state index contributed by atoms with van der Waals surface area (Å²) in [6.07, 6.45) is -2.75. The molecule has 4 aromatic rings. The minimum atomic E-state index is -4.39. The minimum absolute atomic E-state index is 0.187. The van der Waals surface area contributed by atoms with Gasteiger partial charge in [-0.15, -0.1) is 0 Å². The van der Waals surface area contributed by atoms with Crippen molar-refractivity contribution in [2.24, 2.45) is 0 Å². The molecule has 4 rings (SSSR count). The zero-order valence-corrected chi connectivity index (χ0v) is 13.1. The molecule has 1 nitrogen and oxygen atoms in total. The van der Waals surface area contributed by atoms with Crippen molar-refractivity contribution in [3.05, 3.63) is 84.6 Å². The number of benzene rings is 3. The van der Waals surface area contributed by atoms with Crippen LogP contribution in [-0.2, 0) is 6.18 Å². The number of alkyl halides is 3. The quantitative estimate of drug-likeness (QED) is 0.428. The number of hydrogen-bond acceptors (Lipinski definition) is 0. The summed E-state index contributed by atoms with van der Waals surface area (Å²) in [5.41, 5.74) is 2.93. The number of aromatic nitrogens is 1. The standard InChI is InChI=1S/C21H14F3N/c22-21(23,24)19-9-5-4-8-16(19)18-13-25-20-11-10-15(12-17(18)20)14-6-2-1-3-7-14/h1-13,25H. The molecule has 25 heavy (non-hydrogen) atoms. The Bertz CT molecular complexity index is 1030. The van der Waals surface area contributed by atoms with Crippen LogP contribution in [0, 0.1) is 0 Å². The Morgan fingerprint density at radius 2 is 1.40 bits per heavy atom. The summed E-state index contributed by atoms with van der Waals surface area (Å²) in [7, 11) is 0. The van der Waals surface area contributed by atoms with E-state index >= 15 is 0 Å². The molecule has 1 N–H and O–H groups in total. The molecule has 0 aliphatic heterocycles. The van der Waals surface area contributed by atoms with Crippen LogP contribution in [0.15, 0.2) is 79.0 Å². The van der Waals surface area contributed by atoms with Gasteiger partial charge in [0.15, 0.2) is 0 Å². The van der Waals surface area contributed by atoms with Crippen molar-refractivity contribution in [3.63, 3.8) is 0 Å². The average Bonchev–Trinajstić information content (AvgIpc) is 3.05. The van der Waals surface area contributed by atoms with Crippen molar-refractivity contribution in [2.45, 2.75) is 6.18 Å². The van der Waals surface area contributed by atoms with E-state index in [-0.39, 0.29) is 5.56 Å². The third-order valence-electron chi connectivity index (χ3n) is 4.31. The lowest BCUT2D eigenvalue weighted by Gasteiger charge is -2.12. The summed E-state index contributed by atoms with van der Waals surface area (Å²) in [6, 6.07) is 21.3. The molecule has 4 heteroatoms. The molecule has 124 valence electrons. The summed E-state index contributed by atoms with van der Waals surface area (Å²) < 4.78 is 40.1. The van der Waals surface area contributed by atoms with Crippen LogP contribution < -0.4 is 0 Å². The van der Waals surface area contributed by atoms with Gasteiger partial charge in [0.2, 0.25) is 0 Å². The first-order valence-electron chi connectivity index (χ1n) is 7.87. The lowest BCUT2D eigenvalue weighted by atomic mass is 9.96. The van der Waals surface area contributed by atoms with Crippen LogP contribution in [-0.4, -0.2) is 4.98 Å². The van der Waals surface area contributed by atoms with E-state index in [1.807, 2.05) is 48.5 Å². The largest absolute Gasteiger partial charge is 0.417 e. The van der Waals surface area contributed by atoms with Gasteiger partial charge in [0.1, 0.15) is 0 Å². The van der Waals surface area contributed by atoms with Gasteiger partial charge in [0, 0.05) is 22.7 Å². The van der Waals surface area contributed by atoms with E-state index in [0.717, 1.165) is 28.1 Å². The van der Waals surface area contributed by atoms with Crippen LogP contribution in [0.1, 0.15) is 5.56 Å². The highest BCUT2D eigenvalue weighted by Crippen LogP contribution is 2.40. The molecule has 3 aromatic carbocycles. The second-order valence-corrected chi connectivity index (χ2v) is 5.87. The SMILES string of the molecule is FC(F)(F)c1ccccc1-c1c[nH]c2ccc(-c3ccccc3)cc12. The highest BCUT2D eigenvalue weighted by Gasteiger charge is 2.33. The molecule has 0 bridgehead atoms. The molecule has 0 fully saturated rings. The van der Waals surface area contributed by atoms with Crippen molar-refractivity contribution in [2.75, 3.05) is 0 Å². The van der Waals surface area contributed by atoms with Gasteiger partial charge in [-0.25, -0.2) is 0 Å². The number of hydrogen-bond donors (Lipinski definition) is 1. The Balaban J connectivity index is 1.93. The van der Waals surface area contributed by atoms with E-state index < -0.39 is 11.7 Å². The van der Waals surface area contributed by atoms with Gasteiger partial charge >= 0.3 is 6.18 Å². The highest BCUT2D eigenvalue weighted by atomic mass is 19.4. The van der Waals surface area contributed by atoms with Gasteiger partial charge in [-0.2, -0.15) is 13.2 Å². The van der Waals surface area contributed by atoms with E-state index in [4.69, 9.17) is 0 Å². The van der Waals surface area contributed by atoms with Crippen LogP contribution in [0.2, 0.25) is 0 Å². The maximum atomic E-state index is 13.4. The zero-order chi connectivity index (χ0) is 17.4. The Hall–Kier alpha value is -3.01. The number of rotatable bonds is 2. The Kier molecular flexibility index (Phi) is 3.61. The van der Waals surface area contributed by atoms with E-state index in [9.17, 15) is 13.2 Å². The summed E-state index contributed by atoms with van der Waals surface area (Å²) in [5.74, 6) is 0. The Morgan fingerprint density at radius 1 is 0.680 bits per heavy atom. The third-order valence-corrected chi connectivity index (χ3v) is 4.31. The van der Waals surface area contributed by atoms with Crippen LogP contribution in [0.25, 0.3) is 33.2 Å². The molecule has 0 amide bonds. The molecule has 0 radical (unpaired) electrons. The van der Waals surface area contributed by atoms with Gasteiger partial charge in [-0.05, 0) is 34.9 Å². The second kappa shape index (κ2) is 5.81. The maximum absolute atomic E-state index is 13.4. The van der Waals surface area contributed by atoms with E-state index in [2.05, 4.69) is 4.98 Å². The summed E-state index contributed by atoms with van der Waals surface area (Å²) in [4.78, 5) is 3.08. The van der Waals surface area contributed by atoms with Gasteiger partial charge in [-0.3, -0.25) is 0 Å². The smallest absolute Gasteiger partial charge is 0.361 e. The molecule has 1 heterocycles. The highest BCUT2D eigenvalue weighted by molar-refractivity contribution is 5.98. The molecule has 0 saturated heterocycles. The first-order chi connectivity index (χ1) is 12.0. The number of aromatic amines is 1. The van der Waals surface area contributed by atoms with Gasteiger partial charge in [0.05, 0.1) is 5.56 Å². The first kappa shape index (κ1) is 15.5. The molecule has 0 spiro atoms. The maximum Gasteiger partial charge on any atom is 0.417 e. The topological polar surface area (TPSA) is 15.8 Å². The van der Waals surface area contributed by atoms with E-state index in [0.29, 0.717) is 5.56 Å². The molecule has 0 aliphatic carbocycles. The molecular weight excluding hydrogens is 323 g/mol. The first-order valence-corrected chi connectivity index (χ1v) is 7.87. The van der Waals surface area contributed by atoms with Crippen molar-refractivity contribution in [1.29, 1.82) is 0 Å². The zero-order valence-electron chi connectivity index (χ0n) is 13.1. The van der Waals surface area contributed by atoms with E-state index in [1.54, 1.807) is 12.3 Å². The summed E-state index contributed by atoms with van der Waals surface area (Å²) >= 11 is 0. The second-order valence-electron chi connectivity index (χ2n) is 5.87. The molecule has 0 unspecified atom stereocenters. The number of nitrogens with one attached hydrogen (secondary N) is 1. The molecule has 0 saturated carbocycles. The van der Waals surface area contributed by atoms with E-state index in [1.165, 1.54) is 12.1 Å². The number of halogens is 3. The Labute approximate surface area is 142 Å². The Morgan fingerprint density at radius 3 is 2.16 bits per heavy atom. The van der Waals surface area contributed by atoms with Gasteiger partial charge in [-0.1, -0.05) is 54.6 Å². The fourth-order valence-electron chi connectivity index (χ4n) is 3.12. The number of H-pyrrole nitrogens is 1. The molecular formula is C21H14F3N. The van der Waals surface area contributed by atoms with Crippen molar-refractivity contribution < 1.29 is 13.2 Å². The van der Waals surface area contributed by atoms with Crippen LogP contribution >= 0.6 is 0 Å². The number of fused-ring (bicyclic) bond motifs is 1. The lowest BCUT2D eigenvalue weighted by molar-refractivity contribution is -0.137. The molecule has 0 aliphatic rings. The normalized spacial score (nSPS) is 11.8. The van der Waals surface area contributed by atoms with Crippen molar-refractivity contribution >= 4 is 10.9 Å². The fraction of sp³-hybridized carbons (Fsp3) is 0.0476. The lowest BCUT2D eigenvalue weighted by Crippen LogP contribution is -2.06. The fourth-order valence-corrected chi connectivity index (χ4v) is 3.12. The predicted octanol–water partition coefficient (Wildman–Crippen LogP) is 6.52. The minimum Gasteiger partial charge on any atom is -0.361 e. The van der Waals surface area contributed by atoms with Crippen LogP contribution in [0.4, 0.5) is 13.2 Å². The molecule has 1 aromatic heterocycles. The van der Waals surface area contributed by atoms with Gasteiger partial charge < -0.3 is 4.98 Å². The van der Waals surface area contributed by atoms with Crippen LogP contribution in [0.5, 0.6) is 0 Å². The third kappa shape index (κ3) is 2.80. The molecule has 0 atom stereocenters. The van der Waals surface area contributed by atoms with Crippen molar-refractivity contribution in [3.8, 4) is 22.3 Å². The average molecular weight is 337 g/mol. The van der Waals surface area contributed by atoms with Crippen molar-refractivity contribution in [1.82, 2.24) is 4.98 Å². The summed E-state index contributed by atoms with van der Waals surface area (Å²) in [6.45, 7) is 0.